The molecule has 1 aliphatic heterocycles. The van der Waals surface area contributed by atoms with E-state index in [2.05, 4.69) is 20.4 Å². The zero-order chi connectivity index (χ0) is 17.3. The molecule has 0 saturated carbocycles. The second-order valence-corrected chi connectivity index (χ2v) is 6.20. The summed E-state index contributed by atoms with van der Waals surface area (Å²) in [5.41, 5.74) is -1.05. The number of anilines is 1. The van der Waals surface area contributed by atoms with E-state index in [9.17, 15) is 9.18 Å². The lowest BCUT2D eigenvalue weighted by molar-refractivity contribution is 0.0971. The highest BCUT2D eigenvalue weighted by molar-refractivity contribution is 6.42. The van der Waals surface area contributed by atoms with Crippen molar-refractivity contribution in [3.05, 3.63) is 52.5 Å². The first kappa shape index (κ1) is 16.6. The molecule has 124 valence electrons. The van der Waals surface area contributed by atoms with E-state index >= 15 is 0 Å². The Morgan fingerprint density at radius 3 is 2.67 bits per heavy atom. The van der Waals surface area contributed by atoms with Crippen LogP contribution in [0.1, 0.15) is 17.3 Å². The summed E-state index contributed by atoms with van der Waals surface area (Å²) in [6.45, 7) is 1.27. The normalized spacial score (nSPS) is 20.0. The largest absolute Gasteiger partial charge is 0.306 e. The van der Waals surface area contributed by atoms with Gasteiger partial charge in [0.15, 0.2) is 11.5 Å². The van der Waals surface area contributed by atoms with Crippen LogP contribution in [0.3, 0.4) is 0 Å². The molecule has 1 aromatic heterocycles. The first-order chi connectivity index (χ1) is 11.4. The van der Waals surface area contributed by atoms with Crippen molar-refractivity contribution in [2.45, 2.75) is 12.6 Å². The van der Waals surface area contributed by atoms with Crippen molar-refractivity contribution in [2.24, 2.45) is 5.10 Å². The van der Waals surface area contributed by atoms with E-state index in [-0.39, 0.29) is 17.9 Å². The molecule has 2 aromatic rings. The predicted octanol–water partition coefficient (Wildman–Crippen LogP) is 3.08. The van der Waals surface area contributed by atoms with E-state index in [1.165, 1.54) is 30.7 Å². The molecule has 0 aliphatic carbocycles. The summed E-state index contributed by atoms with van der Waals surface area (Å²) in [6.07, 6.45) is 3.98. The van der Waals surface area contributed by atoms with E-state index in [0.29, 0.717) is 15.7 Å². The van der Waals surface area contributed by atoms with Crippen LogP contribution in [0.2, 0.25) is 10.0 Å². The molecular formula is C15H12Cl2FN5O. The topological polar surface area (TPSA) is 70.5 Å². The van der Waals surface area contributed by atoms with Crippen LogP contribution in [-0.4, -0.2) is 33.9 Å². The van der Waals surface area contributed by atoms with Gasteiger partial charge in [0, 0.05) is 12.4 Å². The van der Waals surface area contributed by atoms with Crippen LogP contribution in [0.15, 0.2) is 42.0 Å². The number of halogens is 3. The number of carbonyl (C=O) groups excluding carboxylic acids is 1. The molecule has 2 heterocycles. The highest BCUT2D eigenvalue weighted by Gasteiger charge is 2.40. The average Bonchev–Trinajstić information content (AvgIpc) is 2.85. The quantitative estimate of drug-likeness (QED) is 0.885. The highest BCUT2D eigenvalue weighted by Crippen LogP contribution is 2.31. The second kappa shape index (κ2) is 6.33. The van der Waals surface area contributed by atoms with E-state index in [1.807, 2.05) is 0 Å². The molecule has 3 rings (SSSR count). The van der Waals surface area contributed by atoms with Gasteiger partial charge in [-0.05, 0) is 25.1 Å². The van der Waals surface area contributed by atoms with Crippen LogP contribution in [0.25, 0.3) is 0 Å². The van der Waals surface area contributed by atoms with Crippen LogP contribution in [0.5, 0.6) is 0 Å². The molecule has 9 heteroatoms. The molecule has 1 N–H and O–H groups in total. The Hall–Kier alpha value is -2.25. The number of rotatable bonds is 2. The molecular weight excluding hydrogens is 356 g/mol. The lowest BCUT2D eigenvalue weighted by Crippen LogP contribution is -2.43. The summed E-state index contributed by atoms with van der Waals surface area (Å²) in [5.74, 6) is -0.628. The fourth-order valence-corrected chi connectivity index (χ4v) is 2.45. The molecule has 0 bridgehead atoms. The number of nitrogens with zero attached hydrogens (tertiary/aromatic N) is 4. The van der Waals surface area contributed by atoms with E-state index in [4.69, 9.17) is 23.2 Å². The number of aromatic nitrogens is 2. The van der Waals surface area contributed by atoms with Gasteiger partial charge in [0.2, 0.25) is 0 Å². The number of amidine groups is 1. The Morgan fingerprint density at radius 2 is 2.00 bits per heavy atom. The fraction of sp³-hybridized carbons (Fsp3) is 0.200. The van der Waals surface area contributed by atoms with Crippen molar-refractivity contribution in [2.75, 3.05) is 11.6 Å². The maximum Gasteiger partial charge on any atom is 0.259 e. The van der Waals surface area contributed by atoms with Crippen LogP contribution in [0, 0.1) is 0 Å². The third kappa shape index (κ3) is 3.32. The Kier molecular flexibility index (Phi) is 4.38. The minimum absolute atomic E-state index is 0.0636. The Bertz CT molecular complexity index is 813. The van der Waals surface area contributed by atoms with Gasteiger partial charge in [-0.3, -0.25) is 9.80 Å². The number of benzene rings is 1. The summed E-state index contributed by atoms with van der Waals surface area (Å²) in [6, 6.07) is 4.85. The van der Waals surface area contributed by atoms with Crippen LogP contribution >= 0.6 is 23.2 Å². The van der Waals surface area contributed by atoms with Gasteiger partial charge in [0.25, 0.3) is 5.91 Å². The van der Waals surface area contributed by atoms with Gasteiger partial charge in [0.05, 0.1) is 27.8 Å². The Balaban J connectivity index is 1.84. The van der Waals surface area contributed by atoms with Gasteiger partial charge in [-0.15, -0.1) is 0 Å². The summed E-state index contributed by atoms with van der Waals surface area (Å²) in [4.78, 5) is 19.6. The number of alkyl halides is 1. The molecule has 1 unspecified atom stereocenters. The zero-order valence-electron chi connectivity index (χ0n) is 12.5. The number of hydrazone groups is 1. The minimum atomic E-state index is -1.84. The van der Waals surface area contributed by atoms with Gasteiger partial charge < -0.3 is 5.32 Å². The number of hydrogen-bond donors (Lipinski definition) is 1. The molecule has 24 heavy (non-hydrogen) atoms. The number of amides is 1. The summed E-state index contributed by atoms with van der Waals surface area (Å²) < 4.78 is 14.8. The van der Waals surface area contributed by atoms with Gasteiger partial charge >= 0.3 is 0 Å². The van der Waals surface area contributed by atoms with Crippen molar-refractivity contribution in [3.8, 4) is 0 Å². The summed E-state index contributed by atoms with van der Waals surface area (Å²) >= 11 is 11.9. The lowest BCUT2D eigenvalue weighted by Gasteiger charge is -2.18. The first-order valence-electron chi connectivity index (χ1n) is 6.94. The third-order valence-corrected chi connectivity index (χ3v) is 4.16. The maximum absolute atomic E-state index is 14.8. The van der Waals surface area contributed by atoms with Crippen molar-refractivity contribution in [3.63, 3.8) is 0 Å². The molecule has 1 amide bonds. The lowest BCUT2D eigenvalue weighted by atomic mass is 10.1. The first-order valence-corrected chi connectivity index (χ1v) is 7.69. The molecule has 1 atom stereocenters. The smallest absolute Gasteiger partial charge is 0.259 e. The van der Waals surface area contributed by atoms with Gasteiger partial charge in [-0.1, -0.05) is 23.2 Å². The summed E-state index contributed by atoms with van der Waals surface area (Å²) in [7, 11) is 0. The monoisotopic (exact) mass is 367 g/mol. The third-order valence-electron chi connectivity index (χ3n) is 3.42. The predicted molar refractivity (Wildman–Crippen MR) is 90.3 cm³/mol. The molecule has 1 aliphatic rings. The van der Waals surface area contributed by atoms with Gasteiger partial charge in [-0.25, -0.2) is 14.4 Å². The number of nitrogens with one attached hydrogen (secondary N) is 1. The summed E-state index contributed by atoms with van der Waals surface area (Å²) in [5, 5.41) is 8.76. The van der Waals surface area contributed by atoms with Crippen LogP contribution in [0.4, 0.5) is 10.1 Å². The second-order valence-electron chi connectivity index (χ2n) is 5.38. The minimum Gasteiger partial charge on any atom is -0.306 e. The molecule has 0 fully saturated rings. The Labute approximate surface area is 147 Å². The van der Waals surface area contributed by atoms with E-state index in [1.54, 1.807) is 18.2 Å². The molecule has 0 saturated heterocycles. The Morgan fingerprint density at radius 1 is 1.29 bits per heavy atom. The number of carbonyl (C=O) groups is 1. The van der Waals surface area contributed by atoms with Crippen LogP contribution in [-0.2, 0) is 0 Å². The average molecular weight is 368 g/mol. The maximum atomic E-state index is 14.8. The van der Waals surface area contributed by atoms with Crippen molar-refractivity contribution in [1.82, 2.24) is 15.3 Å². The number of hydrogen-bond acceptors (Lipinski definition) is 5. The molecule has 0 radical (unpaired) electrons. The van der Waals surface area contributed by atoms with Gasteiger partial charge in [-0.2, -0.15) is 5.10 Å². The van der Waals surface area contributed by atoms with Gasteiger partial charge in [0.1, 0.15) is 6.33 Å². The molecule has 6 nitrogen and oxygen atoms in total. The van der Waals surface area contributed by atoms with E-state index in [0.717, 1.165) is 0 Å². The van der Waals surface area contributed by atoms with Crippen molar-refractivity contribution >= 4 is 40.6 Å². The fourth-order valence-electron chi connectivity index (χ4n) is 2.16. The van der Waals surface area contributed by atoms with E-state index < -0.39 is 11.6 Å². The molecule has 0 spiro atoms. The van der Waals surface area contributed by atoms with Crippen molar-refractivity contribution in [1.29, 1.82) is 0 Å². The SMILES string of the molecule is CC1(F)CN(c2ccc(Cl)c(Cl)c2)N=C1NC(=O)c1cncnc1. The highest BCUT2D eigenvalue weighted by atomic mass is 35.5. The standard InChI is InChI=1S/C15H12Cl2FN5O/c1-15(18)7-23(10-2-3-11(16)12(17)4-10)22-14(15)21-13(24)9-5-19-8-20-6-9/h2-6,8H,7H2,1H3,(H,21,22,24). The van der Waals surface area contributed by atoms with Crippen molar-refractivity contribution < 1.29 is 9.18 Å². The zero-order valence-corrected chi connectivity index (χ0v) is 14.0. The van der Waals surface area contributed by atoms with Crippen LogP contribution < -0.4 is 10.3 Å². The molecule has 1 aromatic carbocycles.